The first-order chi connectivity index (χ1) is 12.8. The maximum atomic E-state index is 14.0. The van der Waals surface area contributed by atoms with Crippen LogP contribution in [0.15, 0.2) is 46.2 Å². The standard InChI is InChI=1S/C21H24FNO2S2/c1-5-14(3)27-17-7-8-19(13(2)10-17)23-21(25)12-26-20-9-6-16(15(4)24)11-18(20)22/h6-11,14H,5,12H2,1-4H3,(H,23,25). The van der Waals surface area contributed by atoms with Crippen LogP contribution in [0, 0.1) is 12.7 Å². The highest BCUT2D eigenvalue weighted by Crippen LogP contribution is 2.29. The summed E-state index contributed by atoms with van der Waals surface area (Å²) in [5.74, 6) is -0.767. The van der Waals surface area contributed by atoms with E-state index < -0.39 is 5.82 Å². The van der Waals surface area contributed by atoms with Gasteiger partial charge in [-0.15, -0.1) is 23.5 Å². The van der Waals surface area contributed by atoms with Gasteiger partial charge < -0.3 is 5.32 Å². The van der Waals surface area contributed by atoms with E-state index in [0.29, 0.717) is 15.7 Å². The molecule has 0 aliphatic rings. The van der Waals surface area contributed by atoms with E-state index in [4.69, 9.17) is 0 Å². The third-order valence-corrected chi connectivity index (χ3v) is 6.39. The van der Waals surface area contributed by atoms with Gasteiger partial charge in [-0.1, -0.05) is 19.9 Å². The third kappa shape index (κ3) is 6.40. The molecule has 1 atom stereocenters. The molecule has 1 unspecified atom stereocenters. The van der Waals surface area contributed by atoms with Gasteiger partial charge in [-0.3, -0.25) is 9.59 Å². The van der Waals surface area contributed by atoms with E-state index >= 15 is 0 Å². The van der Waals surface area contributed by atoms with Gasteiger partial charge in [0.15, 0.2) is 5.78 Å². The van der Waals surface area contributed by atoms with Crippen LogP contribution in [-0.2, 0) is 4.79 Å². The largest absolute Gasteiger partial charge is 0.325 e. The number of thioether (sulfide) groups is 2. The van der Waals surface area contributed by atoms with Crippen LogP contribution in [0.3, 0.4) is 0 Å². The number of carbonyl (C=O) groups is 2. The smallest absolute Gasteiger partial charge is 0.234 e. The van der Waals surface area contributed by atoms with Gasteiger partial charge in [-0.05, 0) is 56.2 Å². The van der Waals surface area contributed by atoms with Gasteiger partial charge in [0.25, 0.3) is 0 Å². The SMILES string of the molecule is CCC(C)Sc1ccc(NC(=O)CSc2ccc(C(C)=O)cc2F)c(C)c1. The molecule has 3 nitrogen and oxygen atoms in total. The fourth-order valence-electron chi connectivity index (χ4n) is 2.33. The van der Waals surface area contributed by atoms with Gasteiger partial charge in [0.05, 0.1) is 5.75 Å². The lowest BCUT2D eigenvalue weighted by molar-refractivity contribution is -0.113. The molecule has 0 aliphatic heterocycles. The quantitative estimate of drug-likeness (QED) is 0.435. The van der Waals surface area contributed by atoms with E-state index in [-0.39, 0.29) is 17.4 Å². The predicted molar refractivity (Wildman–Crippen MR) is 113 cm³/mol. The Morgan fingerprint density at radius 3 is 2.52 bits per heavy atom. The Morgan fingerprint density at radius 2 is 1.93 bits per heavy atom. The number of benzene rings is 2. The summed E-state index contributed by atoms with van der Waals surface area (Å²) in [6.07, 6.45) is 1.10. The lowest BCUT2D eigenvalue weighted by atomic mass is 10.1. The summed E-state index contributed by atoms with van der Waals surface area (Å²) in [6.45, 7) is 7.70. The van der Waals surface area contributed by atoms with Crippen LogP contribution in [0.5, 0.6) is 0 Å². The Kier molecular flexibility index (Phi) is 7.92. The summed E-state index contributed by atoms with van der Waals surface area (Å²) < 4.78 is 14.0. The number of Topliss-reactive ketones (excluding diaryl/α,β-unsaturated/α-hetero) is 1. The molecule has 2 aromatic rings. The number of ketones is 1. The predicted octanol–water partition coefficient (Wildman–Crippen LogP) is 5.96. The lowest BCUT2D eigenvalue weighted by Gasteiger charge is -2.12. The number of amides is 1. The van der Waals surface area contributed by atoms with Crippen LogP contribution < -0.4 is 5.32 Å². The molecule has 0 aromatic heterocycles. The van der Waals surface area contributed by atoms with Crippen molar-refractivity contribution in [1.29, 1.82) is 0 Å². The van der Waals surface area contributed by atoms with Crippen LogP contribution in [0.2, 0.25) is 0 Å². The number of aryl methyl sites for hydroxylation is 1. The fraction of sp³-hybridized carbons (Fsp3) is 0.333. The molecule has 1 amide bonds. The van der Waals surface area contributed by atoms with Crippen molar-refractivity contribution in [3.63, 3.8) is 0 Å². The molecule has 0 bridgehead atoms. The summed E-state index contributed by atoms with van der Waals surface area (Å²) in [7, 11) is 0. The summed E-state index contributed by atoms with van der Waals surface area (Å²) in [4.78, 5) is 25.0. The monoisotopic (exact) mass is 405 g/mol. The maximum Gasteiger partial charge on any atom is 0.234 e. The minimum atomic E-state index is -0.483. The third-order valence-electron chi connectivity index (χ3n) is 4.08. The average Bonchev–Trinajstić information content (AvgIpc) is 2.62. The molecular formula is C21H24FNO2S2. The van der Waals surface area contributed by atoms with E-state index in [1.165, 1.54) is 24.0 Å². The zero-order chi connectivity index (χ0) is 20.0. The van der Waals surface area contributed by atoms with Crippen molar-refractivity contribution in [2.24, 2.45) is 0 Å². The lowest BCUT2D eigenvalue weighted by Crippen LogP contribution is -2.15. The number of rotatable bonds is 8. The number of hydrogen-bond acceptors (Lipinski definition) is 4. The molecule has 0 heterocycles. The van der Waals surface area contributed by atoms with Gasteiger partial charge in [-0.25, -0.2) is 4.39 Å². The van der Waals surface area contributed by atoms with E-state index in [2.05, 4.69) is 25.2 Å². The van der Waals surface area contributed by atoms with Crippen LogP contribution in [-0.4, -0.2) is 22.7 Å². The van der Waals surface area contributed by atoms with Crippen LogP contribution in [0.4, 0.5) is 10.1 Å². The first-order valence-electron chi connectivity index (χ1n) is 8.80. The number of hydrogen-bond donors (Lipinski definition) is 1. The summed E-state index contributed by atoms with van der Waals surface area (Å²) in [5, 5.41) is 3.43. The van der Waals surface area contributed by atoms with E-state index in [9.17, 15) is 14.0 Å². The minimum absolute atomic E-state index is 0.0964. The first kappa shape index (κ1) is 21.5. The van der Waals surface area contributed by atoms with Gasteiger partial charge >= 0.3 is 0 Å². The molecule has 27 heavy (non-hydrogen) atoms. The van der Waals surface area contributed by atoms with Crippen molar-refractivity contribution in [2.75, 3.05) is 11.1 Å². The molecule has 1 N–H and O–H groups in total. The average molecular weight is 406 g/mol. The van der Waals surface area contributed by atoms with Crippen LogP contribution in [0.1, 0.15) is 43.1 Å². The van der Waals surface area contributed by atoms with Crippen molar-refractivity contribution in [3.8, 4) is 0 Å². The Balaban J connectivity index is 1.95. The van der Waals surface area contributed by atoms with Crippen molar-refractivity contribution in [3.05, 3.63) is 53.3 Å². The zero-order valence-electron chi connectivity index (χ0n) is 16.0. The molecule has 0 aliphatic carbocycles. The molecule has 144 valence electrons. The minimum Gasteiger partial charge on any atom is -0.325 e. The summed E-state index contributed by atoms with van der Waals surface area (Å²) >= 11 is 2.93. The Morgan fingerprint density at radius 1 is 1.19 bits per heavy atom. The van der Waals surface area contributed by atoms with Crippen LogP contribution >= 0.6 is 23.5 Å². The van der Waals surface area contributed by atoms with Crippen molar-refractivity contribution < 1.29 is 14.0 Å². The Bertz CT molecular complexity index is 839. The number of carbonyl (C=O) groups excluding carboxylic acids is 2. The van der Waals surface area contributed by atoms with E-state index in [1.807, 2.05) is 30.8 Å². The topological polar surface area (TPSA) is 46.2 Å². The molecule has 6 heteroatoms. The Labute approximate surface area is 168 Å². The van der Waals surface area contributed by atoms with E-state index in [0.717, 1.165) is 29.4 Å². The molecule has 0 radical (unpaired) electrons. The second kappa shape index (κ2) is 9.95. The van der Waals surface area contributed by atoms with Gasteiger partial charge in [0.2, 0.25) is 5.91 Å². The zero-order valence-corrected chi connectivity index (χ0v) is 17.6. The first-order valence-corrected chi connectivity index (χ1v) is 10.7. The molecular weight excluding hydrogens is 381 g/mol. The fourth-order valence-corrected chi connectivity index (χ4v) is 4.07. The van der Waals surface area contributed by atoms with Gasteiger partial charge in [0.1, 0.15) is 5.82 Å². The summed E-state index contributed by atoms with van der Waals surface area (Å²) in [5.41, 5.74) is 2.09. The molecule has 0 spiro atoms. The van der Waals surface area contributed by atoms with Crippen LogP contribution in [0.25, 0.3) is 0 Å². The Hall–Kier alpha value is -1.79. The van der Waals surface area contributed by atoms with Crippen molar-refractivity contribution in [1.82, 2.24) is 0 Å². The van der Waals surface area contributed by atoms with Crippen molar-refractivity contribution >= 4 is 40.9 Å². The highest BCUT2D eigenvalue weighted by atomic mass is 32.2. The maximum absolute atomic E-state index is 14.0. The molecule has 0 saturated carbocycles. The molecule has 2 rings (SSSR count). The normalized spacial score (nSPS) is 11.9. The second-order valence-electron chi connectivity index (χ2n) is 6.35. The van der Waals surface area contributed by atoms with Gasteiger partial charge in [-0.2, -0.15) is 0 Å². The van der Waals surface area contributed by atoms with Crippen molar-refractivity contribution in [2.45, 2.75) is 49.2 Å². The van der Waals surface area contributed by atoms with Gasteiger partial charge in [0, 0.05) is 26.3 Å². The number of nitrogens with one attached hydrogen (secondary N) is 1. The molecule has 0 saturated heterocycles. The highest BCUT2D eigenvalue weighted by molar-refractivity contribution is 8.00. The molecule has 0 fully saturated rings. The number of anilines is 1. The molecule has 2 aromatic carbocycles. The highest BCUT2D eigenvalue weighted by Gasteiger charge is 2.11. The second-order valence-corrected chi connectivity index (χ2v) is 8.88. The summed E-state index contributed by atoms with van der Waals surface area (Å²) in [6, 6.07) is 10.3. The van der Waals surface area contributed by atoms with E-state index in [1.54, 1.807) is 6.07 Å². The number of halogens is 1.